The van der Waals surface area contributed by atoms with Crippen LogP contribution in [0.25, 0.3) is 0 Å². The number of hydrogen-bond acceptors (Lipinski definition) is 30. The Morgan fingerprint density at radius 3 is 0.360 bits per heavy atom. The second-order valence-electron chi connectivity index (χ2n) is 23.1. The van der Waals surface area contributed by atoms with Gasteiger partial charge in [-0.3, -0.25) is 138 Å². The lowest BCUT2D eigenvalue weighted by Gasteiger charge is -2.32. The van der Waals surface area contributed by atoms with Crippen molar-refractivity contribution in [2.24, 2.45) is 0 Å². The molecule has 1 N–H and O–H groups in total. The highest BCUT2D eigenvalue weighted by atomic mass is 28.4. The zero-order valence-corrected chi connectivity index (χ0v) is 65.0. The van der Waals surface area contributed by atoms with Gasteiger partial charge in [0.1, 0.15) is 0 Å². The predicted molar refractivity (Wildman–Crippen MR) is 298 cm³/mol. The Kier molecular flexibility index (Phi) is 31.6. The minimum atomic E-state index is -3.14. The van der Waals surface area contributed by atoms with Crippen molar-refractivity contribution in [3.8, 4) is 0 Å². The van der Waals surface area contributed by atoms with Crippen molar-refractivity contribution in [2.75, 3.05) is 0 Å². The van der Waals surface area contributed by atoms with Crippen LogP contribution < -0.4 is 0 Å². The van der Waals surface area contributed by atoms with Gasteiger partial charge in [0.15, 0.2) is 0 Å². The topological polar surface area (TPSA) is 288 Å². The van der Waals surface area contributed by atoms with Crippen molar-refractivity contribution in [1.29, 1.82) is 0 Å². The molecule has 0 aliphatic heterocycles. The smallest absolute Gasteiger partial charge is 0.299 e. The van der Waals surface area contributed by atoms with Gasteiger partial charge in [-0.15, -0.1) is 0 Å². The molecule has 0 spiro atoms. The quantitative estimate of drug-likeness (QED) is 0.0337. The molecule has 0 atom stereocenters. The van der Waals surface area contributed by atoms with Crippen LogP contribution >= 0.6 is 0 Å². The number of hydrogen-bond donors (Lipinski definition) is 1. The average Bonchev–Trinajstić information content (AvgIpc) is 3.26. The van der Waals surface area contributed by atoms with Crippen molar-refractivity contribution in [1.82, 2.24) is 0 Å². The Morgan fingerprint density at radius 1 is 0.173 bits per heavy atom. The third kappa shape index (κ3) is 40.0. The average molecular weight is 1350 g/mol. The van der Waals surface area contributed by atoms with Gasteiger partial charge in [-0.2, -0.15) is 0 Å². The molecule has 30 nitrogen and oxygen atoms in total. The molecule has 0 saturated heterocycles. The molecule has 0 aromatic heterocycles. The second kappa shape index (κ2) is 30.7. The fourth-order valence-electron chi connectivity index (χ4n) is 3.02. The normalized spacial score (nSPS) is 15.2. The third-order valence-electron chi connectivity index (χ3n) is 6.42. The molecule has 0 aliphatic rings. The highest BCUT2D eigenvalue weighted by Crippen LogP contribution is 2.26. The molecule has 0 aliphatic carbocycles. The molecule has 452 valence electrons. The first kappa shape index (κ1) is 77.1. The van der Waals surface area contributed by atoms with Gasteiger partial charge in [-0.25, -0.2) is 0 Å². The van der Waals surface area contributed by atoms with Crippen LogP contribution in [-0.4, -0.2) is 134 Å². The Bertz CT molecular complexity index is 1650. The summed E-state index contributed by atoms with van der Waals surface area (Å²) in [5.74, 6) is 0. The van der Waals surface area contributed by atoms with Crippen LogP contribution in [0.15, 0.2) is 0 Å². The summed E-state index contributed by atoms with van der Waals surface area (Å²) < 4.78 is 162. The lowest BCUT2D eigenvalue weighted by molar-refractivity contribution is -0.284. The maximum absolute atomic E-state index is 8.97. The van der Waals surface area contributed by atoms with E-state index in [1.807, 2.05) is 13.1 Å². The van der Waals surface area contributed by atoms with E-state index in [1.54, 1.807) is 183 Å². The Balaban J connectivity index is 4.91. The van der Waals surface area contributed by atoms with Gasteiger partial charge in [0.2, 0.25) is 9.04 Å². The molecule has 0 fully saturated rings. The molecule has 75 heavy (non-hydrogen) atoms. The summed E-state index contributed by atoms with van der Waals surface area (Å²) in [5, 5.41) is 8.97. The van der Waals surface area contributed by atoms with Gasteiger partial charge >= 0.3 is 120 Å². The summed E-state index contributed by atoms with van der Waals surface area (Å²) in [6.07, 6.45) is 0. The summed E-state index contributed by atoms with van der Waals surface area (Å²) in [6, 6.07) is 0. The highest BCUT2D eigenvalue weighted by Gasteiger charge is 2.47. The van der Waals surface area contributed by atoms with Crippen LogP contribution in [0.5, 0.6) is 0 Å². The Morgan fingerprint density at radius 2 is 0.267 bits per heavy atom. The van der Waals surface area contributed by atoms with Crippen LogP contribution in [-0.2, 0) is 133 Å². The molecule has 0 radical (unpaired) electrons. The minimum absolute atomic E-state index is 1.41. The van der Waals surface area contributed by atoms with E-state index in [2.05, 4.69) is 4.58 Å². The van der Waals surface area contributed by atoms with E-state index in [1.165, 1.54) is 0 Å². The van der Waals surface area contributed by atoms with Crippen LogP contribution in [0.4, 0.5) is 0 Å². The molecule has 0 aromatic carbocycles. The molecular formula is C30H92O30Si15. The predicted octanol–water partition coefficient (Wildman–Crippen LogP) is 9.56. The van der Waals surface area contributed by atoms with Crippen molar-refractivity contribution in [2.45, 2.75) is 196 Å². The fourth-order valence-corrected chi connectivity index (χ4v) is 26.0. The van der Waals surface area contributed by atoms with Gasteiger partial charge in [-0.05, 0) is 196 Å². The SMILES string of the molecule is C[SiH](C)OO[Si](C)(C)OO[Si](C)(C)OO[Si](C)(C)OO[Si](C)(C)OO[Si](C)(C)OO[Si](C)(C)OO[Si](C)(C)OO[Si](C)(C)OO[Si](C)(C)OO[Si](C)(C)OO[Si](C)(C)OO[Si](C)(C)OO[Si](C)(C)OO[Si](C)(C)OO. The molecule has 0 unspecified atom stereocenters. The first-order valence-electron chi connectivity index (χ1n) is 23.6. The van der Waals surface area contributed by atoms with Crippen LogP contribution in [0.2, 0.25) is 196 Å². The molecule has 45 heteroatoms. The molecule has 0 amide bonds. The molecule has 0 saturated carbocycles. The van der Waals surface area contributed by atoms with Crippen LogP contribution in [0.3, 0.4) is 0 Å². The van der Waals surface area contributed by atoms with E-state index in [-0.39, 0.29) is 0 Å². The monoisotopic (exact) mass is 1350 g/mol. The van der Waals surface area contributed by atoms with Crippen LogP contribution in [0.1, 0.15) is 0 Å². The maximum Gasteiger partial charge on any atom is 0.402 e. The summed E-state index contributed by atoms with van der Waals surface area (Å²) in [6.45, 7) is 51.4. The summed E-state index contributed by atoms with van der Waals surface area (Å²) in [7, 11) is -44.0. The van der Waals surface area contributed by atoms with E-state index < -0.39 is 129 Å². The van der Waals surface area contributed by atoms with Crippen molar-refractivity contribution >= 4 is 129 Å². The standard InChI is InChI=1S/C30H92O30Si15/c1-61(2)33-34-63(5,6)37-38-65(9,10)41-42-67(13,14)45-46-69(17,18)49-50-71(21,22)53-54-73(25,26)57-58-75(29,30)60-59-74(27,28)56-55-72(23,24)52-51-70(19,20)48-47-68(15,16)44-43-66(11,12)40-39-64(7,8)36-35-62(3,4)32-31/h31,61H,1-30H3. The number of rotatable bonds is 43. The van der Waals surface area contributed by atoms with Crippen molar-refractivity contribution in [3.05, 3.63) is 0 Å². The van der Waals surface area contributed by atoms with Gasteiger partial charge in [0.25, 0.3) is 0 Å². The lowest BCUT2D eigenvalue weighted by Crippen LogP contribution is -2.50. The van der Waals surface area contributed by atoms with Gasteiger partial charge in [-0.1, -0.05) is 0 Å². The van der Waals surface area contributed by atoms with E-state index in [0.29, 0.717) is 0 Å². The molecule has 0 aromatic rings. The van der Waals surface area contributed by atoms with E-state index in [0.717, 1.165) is 0 Å². The summed E-state index contributed by atoms with van der Waals surface area (Å²) in [4.78, 5) is 0. The van der Waals surface area contributed by atoms with Crippen molar-refractivity contribution < 1.29 is 138 Å². The summed E-state index contributed by atoms with van der Waals surface area (Å²) >= 11 is 0. The Hall–Kier alpha value is 2.05. The second-order valence-corrected chi connectivity index (χ2v) is 69.3. The van der Waals surface area contributed by atoms with Gasteiger partial charge in [0.05, 0.1) is 0 Å². The molecule has 0 bridgehead atoms. The van der Waals surface area contributed by atoms with Crippen LogP contribution in [0, 0.1) is 0 Å². The maximum atomic E-state index is 8.97. The van der Waals surface area contributed by atoms with Crippen molar-refractivity contribution in [3.63, 3.8) is 0 Å². The zero-order valence-electron chi connectivity index (χ0n) is 49.9. The summed E-state index contributed by atoms with van der Waals surface area (Å²) in [5.41, 5.74) is 0. The van der Waals surface area contributed by atoms with Gasteiger partial charge in [0, 0.05) is 0 Å². The first-order valence-corrected chi connectivity index (χ1v) is 65.8. The highest BCUT2D eigenvalue weighted by molar-refractivity contribution is 6.73. The van der Waals surface area contributed by atoms with E-state index >= 15 is 0 Å². The Labute approximate surface area is 460 Å². The molecule has 0 rings (SSSR count). The van der Waals surface area contributed by atoms with E-state index in [9.17, 15) is 0 Å². The lowest BCUT2D eigenvalue weighted by atomic mass is 11.9. The third-order valence-corrected chi connectivity index (χ3v) is 22.8. The van der Waals surface area contributed by atoms with Gasteiger partial charge < -0.3 is 0 Å². The first-order chi connectivity index (χ1) is 33.2. The van der Waals surface area contributed by atoms with E-state index in [4.69, 9.17) is 133 Å². The fraction of sp³-hybridized carbons (Fsp3) is 1.00. The largest absolute Gasteiger partial charge is 0.402 e. The zero-order chi connectivity index (χ0) is 59.1. The molecular weight excluding hydrogens is 1260 g/mol. The molecule has 0 heterocycles. The minimum Gasteiger partial charge on any atom is -0.299 e.